The van der Waals surface area contributed by atoms with Gasteiger partial charge in [-0.05, 0) is 112 Å². The molecule has 0 N–H and O–H groups in total. The lowest BCUT2D eigenvalue weighted by Crippen LogP contribution is -2.48. The second-order valence-corrected chi connectivity index (χ2v) is 16.4. The summed E-state index contributed by atoms with van der Waals surface area (Å²) in [6.45, 7) is 20.0. The Balaban J connectivity index is 0.000000313. The molecule has 2 aromatic rings. The summed E-state index contributed by atoms with van der Waals surface area (Å²) in [5, 5.41) is 0. The van der Waals surface area contributed by atoms with Gasteiger partial charge in [-0.2, -0.15) is 0 Å². The number of likely N-dealkylation sites (tertiary alicyclic amines) is 2. The van der Waals surface area contributed by atoms with Gasteiger partial charge < -0.3 is 33.3 Å². The fraction of sp³-hybridized carbons (Fsp3) is 0.707. The lowest BCUT2D eigenvalue weighted by Gasteiger charge is -2.40. The molecular weight excluding hydrogens is 692 g/mol. The zero-order valence-corrected chi connectivity index (χ0v) is 34.2. The number of aromatic nitrogens is 2. The fourth-order valence-electron chi connectivity index (χ4n) is 7.00. The number of amides is 2. The summed E-state index contributed by atoms with van der Waals surface area (Å²) in [5.41, 5.74) is -0.759. The molecule has 2 saturated heterocycles. The van der Waals surface area contributed by atoms with Crippen LogP contribution in [0, 0.1) is 10.8 Å². The molecule has 13 heteroatoms. The summed E-state index contributed by atoms with van der Waals surface area (Å²) < 4.78 is 23.3. The van der Waals surface area contributed by atoms with Crippen molar-refractivity contribution in [2.24, 2.45) is 10.8 Å². The lowest BCUT2D eigenvalue weighted by molar-refractivity contribution is -0.160. The van der Waals surface area contributed by atoms with Crippen LogP contribution in [0.25, 0.3) is 11.0 Å². The molecule has 0 spiro atoms. The summed E-state index contributed by atoms with van der Waals surface area (Å²) in [4.78, 5) is 69.8. The Morgan fingerprint density at radius 1 is 0.704 bits per heavy atom. The first kappa shape index (κ1) is 44.2. The van der Waals surface area contributed by atoms with Crippen molar-refractivity contribution >= 4 is 35.2 Å². The Hall–Kier alpha value is -4.16. The maximum atomic E-state index is 12.9. The zero-order valence-electron chi connectivity index (χ0n) is 34.2. The van der Waals surface area contributed by atoms with Gasteiger partial charge in [-0.3, -0.25) is 14.4 Å². The van der Waals surface area contributed by atoms with E-state index >= 15 is 0 Å². The Labute approximate surface area is 321 Å². The summed E-state index contributed by atoms with van der Waals surface area (Å²) in [7, 11) is 0. The molecule has 2 amide bonds. The minimum absolute atomic E-state index is 0.104. The molecule has 54 heavy (non-hydrogen) atoms. The van der Waals surface area contributed by atoms with Gasteiger partial charge in [-0.1, -0.05) is 31.9 Å². The normalized spacial score (nSPS) is 16.8. The number of para-hydroxylation sites is 2. The predicted molar refractivity (Wildman–Crippen MR) is 207 cm³/mol. The molecular formula is C41H64N4O9. The molecule has 2 fully saturated rings. The van der Waals surface area contributed by atoms with E-state index in [0.717, 1.165) is 30.3 Å². The number of ether oxygens (including phenoxy) is 4. The van der Waals surface area contributed by atoms with E-state index in [-0.39, 0.29) is 29.7 Å². The highest BCUT2D eigenvalue weighted by Crippen LogP contribution is 2.39. The van der Waals surface area contributed by atoms with Crippen LogP contribution >= 0.6 is 0 Å². The molecule has 1 aromatic carbocycles. The van der Waals surface area contributed by atoms with Crippen LogP contribution in [0.15, 0.2) is 35.3 Å². The highest BCUT2D eigenvalue weighted by molar-refractivity contribution is 5.78. The predicted octanol–water partition coefficient (Wildman–Crippen LogP) is 7.51. The van der Waals surface area contributed by atoms with Crippen molar-refractivity contribution in [3.05, 3.63) is 40.8 Å². The Bertz CT molecular complexity index is 1610. The fourth-order valence-corrected chi connectivity index (χ4v) is 7.00. The highest BCUT2D eigenvalue weighted by atomic mass is 16.6. The Kier molecular flexibility index (Phi) is 15.9. The maximum Gasteiger partial charge on any atom is 0.410 e. The SMILES string of the molecule is CCCCC1(C(=O)OCC)CCN(C(=O)OC(C)(C)C)CC1.CCOC(=O)C1(CCCn2c(=O)cnc3ccccc32)CCN(C(=O)OC(C)(C)C)CC1. The molecule has 0 unspecified atom stereocenters. The van der Waals surface area contributed by atoms with Gasteiger partial charge in [-0.15, -0.1) is 0 Å². The van der Waals surface area contributed by atoms with Gasteiger partial charge in [0.2, 0.25) is 0 Å². The molecule has 3 heterocycles. The van der Waals surface area contributed by atoms with E-state index < -0.39 is 22.0 Å². The quantitative estimate of drug-likeness (QED) is 0.167. The van der Waals surface area contributed by atoms with Crippen LogP contribution in [0.1, 0.15) is 120 Å². The van der Waals surface area contributed by atoms with Crippen LogP contribution in [0.3, 0.4) is 0 Å². The van der Waals surface area contributed by atoms with Crippen molar-refractivity contribution in [2.45, 2.75) is 138 Å². The number of fused-ring (bicyclic) bond motifs is 1. The third kappa shape index (κ3) is 12.4. The molecule has 0 radical (unpaired) electrons. The lowest BCUT2D eigenvalue weighted by atomic mass is 9.74. The van der Waals surface area contributed by atoms with E-state index in [0.29, 0.717) is 84.5 Å². The van der Waals surface area contributed by atoms with Crippen LogP contribution in [0.2, 0.25) is 0 Å². The minimum Gasteiger partial charge on any atom is -0.466 e. The van der Waals surface area contributed by atoms with E-state index in [1.807, 2.05) is 72.7 Å². The van der Waals surface area contributed by atoms with Gasteiger partial charge >= 0.3 is 24.1 Å². The molecule has 0 atom stereocenters. The zero-order chi connectivity index (χ0) is 40.2. The van der Waals surface area contributed by atoms with Crippen LogP contribution in [0.5, 0.6) is 0 Å². The van der Waals surface area contributed by atoms with Crippen molar-refractivity contribution in [2.75, 3.05) is 39.4 Å². The number of hydrogen-bond donors (Lipinski definition) is 0. The number of piperidine rings is 2. The number of aryl methyl sites for hydroxylation is 1. The summed E-state index contributed by atoms with van der Waals surface area (Å²) in [6.07, 6.45) is 7.14. The second-order valence-electron chi connectivity index (χ2n) is 16.4. The molecule has 302 valence electrons. The van der Waals surface area contributed by atoms with E-state index in [9.17, 15) is 24.0 Å². The summed E-state index contributed by atoms with van der Waals surface area (Å²) in [5.74, 6) is -0.330. The number of nitrogens with zero attached hydrogens (tertiary/aromatic N) is 4. The summed E-state index contributed by atoms with van der Waals surface area (Å²) in [6, 6.07) is 7.52. The molecule has 2 aliphatic rings. The van der Waals surface area contributed by atoms with Gasteiger partial charge in [-0.25, -0.2) is 14.6 Å². The summed E-state index contributed by atoms with van der Waals surface area (Å²) >= 11 is 0. The van der Waals surface area contributed by atoms with E-state index in [1.54, 1.807) is 21.3 Å². The molecule has 0 saturated carbocycles. The average Bonchev–Trinajstić information content (AvgIpc) is 3.11. The van der Waals surface area contributed by atoms with Gasteiger partial charge in [0.05, 0.1) is 41.3 Å². The van der Waals surface area contributed by atoms with E-state index in [1.165, 1.54) is 6.20 Å². The van der Waals surface area contributed by atoms with E-state index in [2.05, 4.69) is 11.9 Å². The number of carbonyl (C=O) groups is 4. The number of rotatable bonds is 11. The first-order valence-corrected chi connectivity index (χ1v) is 19.6. The average molecular weight is 757 g/mol. The Morgan fingerprint density at radius 2 is 1.15 bits per heavy atom. The minimum atomic E-state index is -0.666. The van der Waals surface area contributed by atoms with Crippen molar-refractivity contribution < 1.29 is 38.1 Å². The topological polar surface area (TPSA) is 147 Å². The first-order chi connectivity index (χ1) is 25.4. The molecule has 0 bridgehead atoms. The van der Waals surface area contributed by atoms with E-state index in [4.69, 9.17) is 18.9 Å². The molecule has 0 aliphatic carbocycles. The van der Waals surface area contributed by atoms with Gasteiger partial charge in [0, 0.05) is 32.7 Å². The van der Waals surface area contributed by atoms with Gasteiger partial charge in [0.25, 0.3) is 5.56 Å². The van der Waals surface area contributed by atoms with Gasteiger partial charge in [0.1, 0.15) is 11.2 Å². The van der Waals surface area contributed by atoms with Gasteiger partial charge in [0.15, 0.2) is 0 Å². The standard InChI is InChI=1S/C24H33N3O5.C17H31NO4/c1-5-31-21(29)24(12-15-26(16-13-24)22(30)32-23(2,3)4)11-8-14-27-19-10-7-6-9-18(19)25-17-20(27)28;1-6-8-9-17(14(19)21-7-2)10-12-18(13-11-17)15(20)22-16(3,4)5/h6-7,9-10,17H,5,8,11-16H2,1-4H3;6-13H2,1-5H3. The Morgan fingerprint density at radius 3 is 1.57 bits per heavy atom. The maximum absolute atomic E-state index is 12.9. The van der Waals surface area contributed by atoms with Crippen LogP contribution < -0.4 is 5.56 Å². The molecule has 13 nitrogen and oxygen atoms in total. The molecule has 2 aliphatic heterocycles. The number of unbranched alkanes of at least 4 members (excludes halogenated alkanes) is 1. The van der Waals surface area contributed by atoms with Crippen LogP contribution in [-0.4, -0.2) is 94.1 Å². The van der Waals surface area contributed by atoms with Crippen molar-refractivity contribution in [3.63, 3.8) is 0 Å². The van der Waals surface area contributed by atoms with Crippen LogP contribution in [-0.2, 0) is 35.1 Å². The third-order valence-corrected chi connectivity index (χ3v) is 9.96. The smallest absolute Gasteiger partial charge is 0.410 e. The van der Waals surface area contributed by atoms with Crippen molar-refractivity contribution in [1.82, 2.24) is 19.4 Å². The number of benzene rings is 1. The van der Waals surface area contributed by atoms with Crippen LogP contribution in [0.4, 0.5) is 9.59 Å². The van der Waals surface area contributed by atoms with Crippen molar-refractivity contribution in [3.8, 4) is 0 Å². The molecule has 4 rings (SSSR count). The van der Waals surface area contributed by atoms with Crippen molar-refractivity contribution in [1.29, 1.82) is 0 Å². The number of carbonyl (C=O) groups excluding carboxylic acids is 4. The number of esters is 2. The third-order valence-electron chi connectivity index (χ3n) is 9.96. The largest absolute Gasteiger partial charge is 0.466 e. The first-order valence-electron chi connectivity index (χ1n) is 19.6. The second kappa shape index (κ2) is 19.4. The number of hydrogen-bond acceptors (Lipinski definition) is 10. The molecule has 1 aromatic heterocycles. The highest BCUT2D eigenvalue weighted by Gasteiger charge is 2.45. The monoisotopic (exact) mass is 756 g/mol.